The summed E-state index contributed by atoms with van der Waals surface area (Å²) in [6.45, 7) is 4.91. The molecule has 0 aliphatic rings. The van der Waals surface area contributed by atoms with Crippen molar-refractivity contribution in [1.29, 1.82) is 0 Å². The standard InChI is InChI=1S/C22H22N4O5S/c1-4-30-22(29)17-12(2)31-21(18(17)19(23)27)26-20(28)13(3)32-16-10-15(24-11-25-16)14-8-6-5-7-9-14/h5-11,13H,4H2,1-3H3,(H2,23,27)(H,26,28). The average Bonchev–Trinajstić information content (AvgIpc) is 3.10. The van der Waals surface area contributed by atoms with Crippen molar-refractivity contribution in [2.75, 3.05) is 11.9 Å². The van der Waals surface area contributed by atoms with E-state index in [9.17, 15) is 14.4 Å². The van der Waals surface area contributed by atoms with Crippen molar-refractivity contribution in [1.82, 2.24) is 9.97 Å². The molecule has 3 rings (SSSR count). The molecule has 0 aliphatic carbocycles. The van der Waals surface area contributed by atoms with E-state index in [1.165, 1.54) is 25.0 Å². The molecule has 9 nitrogen and oxygen atoms in total. The van der Waals surface area contributed by atoms with Gasteiger partial charge in [-0.2, -0.15) is 0 Å². The Bertz CT molecular complexity index is 1150. The number of hydrogen-bond acceptors (Lipinski definition) is 8. The third-order valence-electron chi connectivity index (χ3n) is 4.43. The molecule has 32 heavy (non-hydrogen) atoms. The molecule has 0 bridgehead atoms. The highest BCUT2D eigenvalue weighted by Gasteiger charge is 2.30. The molecule has 3 aromatic rings. The van der Waals surface area contributed by atoms with E-state index in [4.69, 9.17) is 14.9 Å². The van der Waals surface area contributed by atoms with Crippen LogP contribution in [0.25, 0.3) is 11.3 Å². The number of rotatable bonds is 8. The number of aryl methyl sites for hydroxylation is 1. The van der Waals surface area contributed by atoms with Crippen molar-refractivity contribution < 1.29 is 23.5 Å². The summed E-state index contributed by atoms with van der Waals surface area (Å²) < 4.78 is 10.4. The van der Waals surface area contributed by atoms with Gasteiger partial charge < -0.3 is 14.9 Å². The van der Waals surface area contributed by atoms with Gasteiger partial charge in [-0.3, -0.25) is 14.9 Å². The first-order chi connectivity index (χ1) is 15.3. The monoisotopic (exact) mass is 454 g/mol. The van der Waals surface area contributed by atoms with Gasteiger partial charge in [-0.05, 0) is 26.8 Å². The smallest absolute Gasteiger partial charge is 0.342 e. The Labute approximate surface area is 188 Å². The van der Waals surface area contributed by atoms with Crippen molar-refractivity contribution in [3.63, 3.8) is 0 Å². The average molecular weight is 455 g/mol. The Morgan fingerprint density at radius 1 is 1.19 bits per heavy atom. The molecule has 0 fully saturated rings. The van der Waals surface area contributed by atoms with E-state index in [0.717, 1.165) is 11.3 Å². The normalized spacial score (nSPS) is 11.6. The number of nitrogens with one attached hydrogen (secondary N) is 1. The van der Waals surface area contributed by atoms with E-state index in [1.54, 1.807) is 19.9 Å². The number of nitrogens with zero attached hydrogens (tertiary/aromatic N) is 2. The SMILES string of the molecule is CCOC(=O)c1c(C)oc(NC(=O)C(C)Sc2cc(-c3ccccc3)ncn2)c1C(N)=O. The van der Waals surface area contributed by atoms with E-state index in [1.807, 2.05) is 30.3 Å². The molecule has 1 atom stereocenters. The van der Waals surface area contributed by atoms with Gasteiger partial charge in [0.25, 0.3) is 5.91 Å². The van der Waals surface area contributed by atoms with Crippen LogP contribution in [0.3, 0.4) is 0 Å². The van der Waals surface area contributed by atoms with Crippen LogP contribution in [0.4, 0.5) is 5.88 Å². The number of benzene rings is 1. The predicted molar refractivity (Wildman–Crippen MR) is 119 cm³/mol. The zero-order chi connectivity index (χ0) is 23.3. The number of primary amides is 1. The second-order valence-corrected chi connectivity index (χ2v) is 8.04. The number of furan rings is 1. The highest BCUT2D eigenvalue weighted by Crippen LogP contribution is 2.30. The topological polar surface area (TPSA) is 137 Å². The quantitative estimate of drug-likeness (QED) is 0.300. The Morgan fingerprint density at radius 2 is 1.91 bits per heavy atom. The summed E-state index contributed by atoms with van der Waals surface area (Å²) in [6, 6.07) is 11.4. The van der Waals surface area contributed by atoms with Gasteiger partial charge in [0.2, 0.25) is 11.8 Å². The molecule has 2 aromatic heterocycles. The maximum atomic E-state index is 12.8. The van der Waals surface area contributed by atoms with Gasteiger partial charge >= 0.3 is 5.97 Å². The number of aromatic nitrogens is 2. The first-order valence-corrected chi connectivity index (χ1v) is 10.6. The molecule has 2 heterocycles. The number of carbonyl (C=O) groups is 3. The lowest BCUT2D eigenvalue weighted by Crippen LogP contribution is -2.25. The number of esters is 1. The second kappa shape index (κ2) is 10.1. The van der Waals surface area contributed by atoms with Crippen LogP contribution in [-0.2, 0) is 9.53 Å². The zero-order valence-corrected chi connectivity index (χ0v) is 18.6. The van der Waals surface area contributed by atoms with E-state index in [0.29, 0.717) is 5.03 Å². The lowest BCUT2D eigenvalue weighted by molar-refractivity contribution is -0.115. The Hall–Kier alpha value is -3.66. The molecule has 3 N–H and O–H groups in total. The minimum Gasteiger partial charge on any atom is -0.462 e. The molecular formula is C22H22N4O5S. The van der Waals surface area contributed by atoms with E-state index >= 15 is 0 Å². The fourth-order valence-electron chi connectivity index (χ4n) is 2.94. The van der Waals surface area contributed by atoms with Crippen molar-refractivity contribution >= 4 is 35.4 Å². The fourth-order valence-corrected chi connectivity index (χ4v) is 3.75. The van der Waals surface area contributed by atoms with E-state index in [-0.39, 0.29) is 29.4 Å². The predicted octanol–water partition coefficient (Wildman–Crippen LogP) is 3.44. The summed E-state index contributed by atoms with van der Waals surface area (Å²) in [4.78, 5) is 45.4. The van der Waals surface area contributed by atoms with Crippen LogP contribution in [0.1, 0.15) is 40.3 Å². The van der Waals surface area contributed by atoms with Crippen molar-refractivity contribution in [2.45, 2.75) is 31.0 Å². The third kappa shape index (κ3) is 5.14. The lowest BCUT2D eigenvalue weighted by atomic mass is 10.1. The Balaban J connectivity index is 1.77. The highest BCUT2D eigenvalue weighted by molar-refractivity contribution is 8.00. The van der Waals surface area contributed by atoms with Crippen LogP contribution >= 0.6 is 11.8 Å². The summed E-state index contributed by atoms with van der Waals surface area (Å²) in [7, 11) is 0. The first-order valence-electron chi connectivity index (χ1n) is 9.77. The van der Waals surface area contributed by atoms with Gasteiger partial charge in [0, 0.05) is 5.56 Å². The summed E-state index contributed by atoms with van der Waals surface area (Å²) in [5.41, 5.74) is 6.77. The minimum atomic E-state index is -0.913. The lowest BCUT2D eigenvalue weighted by Gasteiger charge is -2.11. The minimum absolute atomic E-state index is 0.0988. The molecular weight excluding hydrogens is 432 g/mol. The molecule has 0 radical (unpaired) electrons. The molecule has 1 unspecified atom stereocenters. The van der Waals surface area contributed by atoms with Crippen LogP contribution in [0.15, 0.2) is 52.2 Å². The number of ether oxygens (including phenoxy) is 1. The van der Waals surface area contributed by atoms with E-state index < -0.39 is 23.0 Å². The van der Waals surface area contributed by atoms with Crippen molar-refractivity contribution in [3.8, 4) is 11.3 Å². The van der Waals surface area contributed by atoms with Crippen LogP contribution in [0.5, 0.6) is 0 Å². The highest BCUT2D eigenvalue weighted by atomic mass is 32.2. The number of thioether (sulfide) groups is 1. The number of amides is 2. The van der Waals surface area contributed by atoms with Gasteiger partial charge in [-0.15, -0.1) is 0 Å². The summed E-state index contributed by atoms with van der Waals surface area (Å²) >= 11 is 1.21. The Morgan fingerprint density at radius 3 is 2.56 bits per heavy atom. The second-order valence-electron chi connectivity index (χ2n) is 6.68. The molecule has 0 saturated heterocycles. The molecule has 2 amide bonds. The van der Waals surface area contributed by atoms with Gasteiger partial charge in [-0.25, -0.2) is 14.8 Å². The van der Waals surface area contributed by atoms with Gasteiger partial charge in [0.15, 0.2) is 0 Å². The molecule has 166 valence electrons. The summed E-state index contributed by atoms with van der Waals surface area (Å²) in [5.74, 6) is -2.19. The zero-order valence-electron chi connectivity index (χ0n) is 17.7. The number of anilines is 1. The van der Waals surface area contributed by atoms with Crippen molar-refractivity contribution in [2.24, 2.45) is 5.73 Å². The van der Waals surface area contributed by atoms with Crippen LogP contribution in [-0.4, -0.2) is 39.6 Å². The molecule has 0 aliphatic heterocycles. The molecule has 0 saturated carbocycles. The molecule has 1 aromatic carbocycles. The van der Waals surface area contributed by atoms with Gasteiger partial charge in [0.1, 0.15) is 28.2 Å². The Kier molecular flexibility index (Phi) is 7.26. The summed E-state index contributed by atoms with van der Waals surface area (Å²) in [6.07, 6.45) is 1.43. The van der Waals surface area contributed by atoms with Gasteiger partial charge in [0.05, 0.1) is 17.6 Å². The van der Waals surface area contributed by atoms with Crippen molar-refractivity contribution in [3.05, 3.63) is 59.6 Å². The third-order valence-corrected chi connectivity index (χ3v) is 5.46. The van der Waals surface area contributed by atoms with Crippen LogP contribution < -0.4 is 11.1 Å². The summed E-state index contributed by atoms with van der Waals surface area (Å²) in [5, 5.41) is 2.53. The number of carbonyl (C=O) groups excluding carboxylic acids is 3. The van der Waals surface area contributed by atoms with Crippen LogP contribution in [0, 0.1) is 6.92 Å². The van der Waals surface area contributed by atoms with Crippen LogP contribution in [0.2, 0.25) is 0 Å². The number of nitrogens with two attached hydrogens (primary N) is 1. The largest absolute Gasteiger partial charge is 0.462 e. The molecule has 10 heteroatoms. The first kappa shape index (κ1) is 23.0. The fraction of sp³-hybridized carbons (Fsp3) is 0.227. The van der Waals surface area contributed by atoms with E-state index in [2.05, 4.69) is 15.3 Å². The molecule has 0 spiro atoms. The number of hydrogen-bond donors (Lipinski definition) is 2. The maximum Gasteiger partial charge on any atom is 0.342 e. The van der Waals surface area contributed by atoms with Gasteiger partial charge in [-0.1, -0.05) is 42.1 Å². The maximum absolute atomic E-state index is 12.8.